The zero-order chi connectivity index (χ0) is 13.1. The molecular formula is C13H28N2O2. The Hall–Kier alpha value is -0.610. The van der Waals surface area contributed by atoms with Gasteiger partial charge in [-0.2, -0.15) is 0 Å². The van der Waals surface area contributed by atoms with E-state index in [0.29, 0.717) is 19.0 Å². The van der Waals surface area contributed by atoms with Gasteiger partial charge in [0.25, 0.3) is 0 Å². The number of unbranched alkanes of at least 4 members (excludes halogenated alkanes) is 1. The minimum absolute atomic E-state index is 0.0658. The predicted octanol–water partition coefficient (Wildman–Crippen LogP) is 1.54. The van der Waals surface area contributed by atoms with Crippen LogP contribution in [0, 0.1) is 11.8 Å². The molecule has 1 amide bonds. The Kier molecular flexibility index (Phi) is 10.2. The molecule has 0 aliphatic heterocycles. The van der Waals surface area contributed by atoms with E-state index >= 15 is 0 Å². The summed E-state index contributed by atoms with van der Waals surface area (Å²) in [5, 5.41) is 2.91. The van der Waals surface area contributed by atoms with E-state index in [1.54, 1.807) is 0 Å². The maximum atomic E-state index is 11.7. The van der Waals surface area contributed by atoms with Crippen molar-refractivity contribution >= 4 is 5.91 Å². The maximum Gasteiger partial charge on any atom is 0.224 e. The molecule has 0 spiro atoms. The number of ether oxygens (including phenoxy) is 1. The summed E-state index contributed by atoms with van der Waals surface area (Å²) in [6, 6.07) is 0. The average molecular weight is 244 g/mol. The first-order chi connectivity index (χ1) is 8.13. The molecule has 1 atom stereocenters. The van der Waals surface area contributed by atoms with E-state index in [2.05, 4.69) is 12.2 Å². The van der Waals surface area contributed by atoms with Crippen molar-refractivity contribution in [1.82, 2.24) is 5.32 Å². The lowest BCUT2D eigenvalue weighted by Gasteiger charge is -2.18. The monoisotopic (exact) mass is 244 g/mol. The fourth-order valence-corrected chi connectivity index (χ4v) is 1.55. The van der Waals surface area contributed by atoms with Gasteiger partial charge in [0.05, 0.1) is 5.92 Å². The largest absolute Gasteiger partial charge is 0.381 e. The number of amides is 1. The molecule has 4 heteroatoms. The lowest BCUT2D eigenvalue weighted by Crippen LogP contribution is -2.38. The molecule has 0 saturated carbocycles. The molecule has 0 aliphatic rings. The highest BCUT2D eigenvalue weighted by Crippen LogP contribution is 2.08. The third-order valence-corrected chi connectivity index (χ3v) is 2.80. The first-order valence-corrected chi connectivity index (χ1v) is 6.69. The van der Waals surface area contributed by atoms with Gasteiger partial charge in [0.15, 0.2) is 0 Å². The Morgan fingerprint density at radius 3 is 2.47 bits per heavy atom. The van der Waals surface area contributed by atoms with Gasteiger partial charge in [-0.3, -0.25) is 4.79 Å². The number of hydrogen-bond acceptors (Lipinski definition) is 3. The number of carbonyl (C=O) groups excluding carboxylic acids is 1. The highest BCUT2D eigenvalue weighted by molar-refractivity contribution is 5.79. The highest BCUT2D eigenvalue weighted by Gasteiger charge is 2.19. The molecule has 0 radical (unpaired) electrons. The van der Waals surface area contributed by atoms with Gasteiger partial charge < -0.3 is 15.8 Å². The van der Waals surface area contributed by atoms with E-state index < -0.39 is 0 Å². The Labute approximate surface area is 105 Å². The number of rotatable bonds is 10. The van der Waals surface area contributed by atoms with Gasteiger partial charge in [-0.15, -0.1) is 0 Å². The van der Waals surface area contributed by atoms with E-state index in [0.717, 1.165) is 32.5 Å². The van der Waals surface area contributed by atoms with Crippen LogP contribution in [-0.4, -0.2) is 32.2 Å². The number of nitrogens with one attached hydrogen (secondary N) is 1. The second kappa shape index (κ2) is 10.5. The summed E-state index contributed by atoms with van der Waals surface area (Å²) < 4.78 is 5.41. The van der Waals surface area contributed by atoms with E-state index in [1.165, 1.54) is 0 Å². The van der Waals surface area contributed by atoms with Crippen LogP contribution in [0.1, 0.15) is 40.0 Å². The van der Waals surface area contributed by atoms with Crippen LogP contribution in [0.4, 0.5) is 0 Å². The fraction of sp³-hybridized carbons (Fsp3) is 0.923. The highest BCUT2D eigenvalue weighted by atomic mass is 16.5. The molecule has 0 saturated heterocycles. The summed E-state index contributed by atoms with van der Waals surface area (Å²) in [5.74, 6) is 0.285. The molecule has 0 rings (SSSR count). The predicted molar refractivity (Wildman–Crippen MR) is 70.7 cm³/mol. The summed E-state index contributed by atoms with van der Waals surface area (Å²) in [6.45, 7) is 8.81. The normalized spacial score (nSPS) is 12.8. The van der Waals surface area contributed by atoms with Crippen molar-refractivity contribution in [2.45, 2.75) is 40.0 Å². The van der Waals surface area contributed by atoms with Crippen molar-refractivity contribution < 1.29 is 9.53 Å². The van der Waals surface area contributed by atoms with E-state index in [4.69, 9.17) is 10.5 Å². The van der Waals surface area contributed by atoms with Gasteiger partial charge in [0, 0.05) is 26.3 Å². The Morgan fingerprint density at radius 1 is 1.29 bits per heavy atom. The molecule has 0 aromatic carbocycles. The number of hydrogen-bond donors (Lipinski definition) is 2. The Bertz CT molecular complexity index is 196. The zero-order valence-corrected chi connectivity index (χ0v) is 11.5. The summed E-state index contributed by atoms with van der Waals surface area (Å²) >= 11 is 0. The molecule has 4 nitrogen and oxygen atoms in total. The summed E-state index contributed by atoms with van der Waals surface area (Å²) in [6.07, 6.45) is 3.13. The maximum absolute atomic E-state index is 11.7. The minimum Gasteiger partial charge on any atom is -0.381 e. The SMILES string of the molecule is CCCCOCCCNC(=O)C(CN)C(C)C. The summed E-state index contributed by atoms with van der Waals surface area (Å²) in [5.41, 5.74) is 5.57. The van der Waals surface area contributed by atoms with Gasteiger partial charge in [-0.1, -0.05) is 27.2 Å². The van der Waals surface area contributed by atoms with Gasteiger partial charge in [0.1, 0.15) is 0 Å². The standard InChI is InChI=1S/C13H28N2O2/c1-4-5-8-17-9-6-7-15-13(16)12(10-14)11(2)3/h11-12H,4-10,14H2,1-3H3,(H,15,16). The van der Waals surface area contributed by atoms with Crippen molar-refractivity contribution in [3.63, 3.8) is 0 Å². The van der Waals surface area contributed by atoms with Gasteiger partial charge in [-0.25, -0.2) is 0 Å². The fourth-order valence-electron chi connectivity index (χ4n) is 1.55. The Balaban J connectivity index is 3.50. The van der Waals surface area contributed by atoms with Crippen LogP contribution in [0.2, 0.25) is 0 Å². The number of nitrogens with two attached hydrogens (primary N) is 1. The van der Waals surface area contributed by atoms with Crippen LogP contribution in [0.3, 0.4) is 0 Å². The molecule has 17 heavy (non-hydrogen) atoms. The molecule has 0 aromatic heterocycles. The van der Waals surface area contributed by atoms with Crippen molar-refractivity contribution in [1.29, 1.82) is 0 Å². The third-order valence-electron chi connectivity index (χ3n) is 2.80. The topological polar surface area (TPSA) is 64.3 Å². The van der Waals surface area contributed by atoms with Crippen LogP contribution < -0.4 is 11.1 Å². The van der Waals surface area contributed by atoms with Crippen molar-refractivity contribution in [2.75, 3.05) is 26.3 Å². The van der Waals surface area contributed by atoms with Crippen LogP contribution in [0.25, 0.3) is 0 Å². The molecule has 0 aliphatic carbocycles. The third kappa shape index (κ3) is 8.16. The van der Waals surface area contributed by atoms with Gasteiger partial charge in [-0.05, 0) is 18.8 Å². The number of carbonyl (C=O) groups is 1. The molecule has 102 valence electrons. The van der Waals surface area contributed by atoms with Crippen LogP contribution >= 0.6 is 0 Å². The lowest BCUT2D eigenvalue weighted by molar-refractivity contribution is -0.125. The molecule has 0 heterocycles. The van der Waals surface area contributed by atoms with Crippen LogP contribution in [-0.2, 0) is 9.53 Å². The zero-order valence-electron chi connectivity index (χ0n) is 11.5. The van der Waals surface area contributed by atoms with E-state index in [1.807, 2.05) is 13.8 Å². The lowest BCUT2D eigenvalue weighted by atomic mass is 9.95. The van der Waals surface area contributed by atoms with Crippen molar-refractivity contribution in [3.8, 4) is 0 Å². The minimum atomic E-state index is -0.0731. The Morgan fingerprint density at radius 2 is 1.94 bits per heavy atom. The second-order valence-electron chi connectivity index (χ2n) is 4.70. The first kappa shape index (κ1) is 16.4. The van der Waals surface area contributed by atoms with Crippen LogP contribution in [0.5, 0.6) is 0 Å². The molecular weight excluding hydrogens is 216 g/mol. The van der Waals surface area contributed by atoms with Crippen molar-refractivity contribution in [2.24, 2.45) is 17.6 Å². The van der Waals surface area contributed by atoms with Gasteiger partial charge in [0.2, 0.25) is 5.91 Å². The first-order valence-electron chi connectivity index (χ1n) is 6.69. The average Bonchev–Trinajstić information content (AvgIpc) is 2.28. The molecule has 0 fully saturated rings. The molecule has 3 N–H and O–H groups in total. The second-order valence-corrected chi connectivity index (χ2v) is 4.70. The molecule has 0 aromatic rings. The van der Waals surface area contributed by atoms with E-state index in [-0.39, 0.29) is 11.8 Å². The van der Waals surface area contributed by atoms with E-state index in [9.17, 15) is 4.79 Å². The van der Waals surface area contributed by atoms with Crippen molar-refractivity contribution in [3.05, 3.63) is 0 Å². The molecule has 1 unspecified atom stereocenters. The summed E-state index contributed by atoms with van der Waals surface area (Å²) in [7, 11) is 0. The molecule has 0 bridgehead atoms. The van der Waals surface area contributed by atoms with Crippen LogP contribution in [0.15, 0.2) is 0 Å². The smallest absolute Gasteiger partial charge is 0.224 e. The quantitative estimate of drug-likeness (QED) is 0.573. The van der Waals surface area contributed by atoms with Gasteiger partial charge >= 0.3 is 0 Å². The summed E-state index contributed by atoms with van der Waals surface area (Å²) in [4.78, 5) is 11.7.